The normalized spacial score (nSPS) is 17.3. The number of hydrogen-bond acceptors (Lipinski definition) is 4. The van der Waals surface area contributed by atoms with Crippen LogP contribution in [0.5, 0.6) is 0 Å². The molecule has 5 nitrogen and oxygen atoms in total. The Kier molecular flexibility index (Phi) is 2.00. The molecule has 5 heteroatoms. The number of tetrazole rings is 1. The summed E-state index contributed by atoms with van der Waals surface area (Å²) in [4.78, 5) is 0. The zero-order chi connectivity index (χ0) is 11.0. The molecule has 1 aliphatic carbocycles. The van der Waals surface area contributed by atoms with Gasteiger partial charge in [0.05, 0.1) is 0 Å². The van der Waals surface area contributed by atoms with Gasteiger partial charge in [0.1, 0.15) is 0 Å². The number of benzene rings is 1. The molecule has 0 unspecified atom stereocenters. The standard InChI is InChI=1S/C11H13N5/c1-12-11(5-6-11)9-4-2-3-8(7-9)10-13-15-16-14-10/h2-4,7,12H,5-6H2,1H3,(H,13,14,15,16). The third kappa shape index (κ3) is 1.40. The molecule has 0 aliphatic heterocycles. The molecule has 1 fully saturated rings. The van der Waals surface area contributed by atoms with Crippen molar-refractivity contribution in [2.75, 3.05) is 7.05 Å². The van der Waals surface area contributed by atoms with Crippen LogP contribution in [0.4, 0.5) is 0 Å². The van der Waals surface area contributed by atoms with E-state index >= 15 is 0 Å². The van der Waals surface area contributed by atoms with E-state index < -0.39 is 0 Å². The molecule has 82 valence electrons. The summed E-state index contributed by atoms with van der Waals surface area (Å²) in [5, 5.41) is 17.4. The van der Waals surface area contributed by atoms with Crippen molar-refractivity contribution in [3.05, 3.63) is 29.8 Å². The van der Waals surface area contributed by atoms with Crippen LogP contribution in [0.1, 0.15) is 18.4 Å². The Morgan fingerprint density at radius 2 is 2.25 bits per heavy atom. The van der Waals surface area contributed by atoms with E-state index in [0.29, 0.717) is 5.82 Å². The highest BCUT2D eigenvalue weighted by atomic mass is 15.5. The van der Waals surface area contributed by atoms with Crippen molar-refractivity contribution in [1.82, 2.24) is 25.9 Å². The fourth-order valence-electron chi connectivity index (χ4n) is 2.05. The summed E-state index contributed by atoms with van der Waals surface area (Å²) in [6.45, 7) is 0. The number of aromatic amines is 1. The topological polar surface area (TPSA) is 66.5 Å². The summed E-state index contributed by atoms with van der Waals surface area (Å²) < 4.78 is 0. The number of H-pyrrole nitrogens is 1. The molecule has 2 aromatic rings. The Hall–Kier alpha value is -1.75. The SMILES string of the molecule is CNC1(c2cccc(-c3nn[nH]n3)c2)CC1. The second-order valence-electron chi connectivity index (χ2n) is 4.15. The lowest BCUT2D eigenvalue weighted by Gasteiger charge is -2.14. The summed E-state index contributed by atoms with van der Waals surface area (Å²) in [6.07, 6.45) is 2.39. The average molecular weight is 215 g/mol. The van der Waals surface area contributed by atoms with Crippen LogP contribution >= 0.6 is 0 Å². The van der Waals surface area contributed by atoms with E-state index in [-0.39, 0.29) is 5.54 Å². The first-order valence-corrected chi connectivity index (χ1v) is 5.37. The van der Waals surface area contributed by atoms with Crippen molar-refractivity contribution in [3.63, 3.8) is 0 Å². The summed E-state index contributed by atoms with van der Waals surface area (Å²) in [5.41, 5.74) is 2.49. The molecule has 1 heterocycles. The van der Waals surface area contributed by atoms with Crippen molar-refractivity contribution in [2.45, 2.75) is 18.4 Å². The van der Waals surface area contributed by atoms with E-state index in [1.165, 1.54) is 18.4 Å². The predicted molar refractivity (Wildman–Crippen MR) is 59.6 cm³/mol. The molecule has 0 saturated heterocycles. The van der Waals surface area contributed by atoms with Gasteiger partial charge in [0, 0.05) is 11.1 Å². The molecule has 0 spiro atoms. The van der Waals surface area contributed by atoms with E-state index in [2.05, 4.69) is 38.1 Å². The molecule has 1 aromatic carbocycles. The van der Waals surface area contributed by atoms with E-state index in [4.69, 9.17) is 0 Å². The fourth-order valence-corrected chi connectivity index (χ4v) is 2.05. The minimum Gasteiger partial charge on any atom is -0.310 e. The quantitative estimate of drug-likeness (QED) is 0.804. The van der Waals surface area contributed by atoms with Crippen molar-refractivity contribution in [1.29, 1.82) is 0 Å². The van der Waals surface area contributed by atoms with Gasteiger partial charge in [0.2, 0.25) is 5.82 Å². The lowest BCUT2D eigenvalue weighted by molar-refractivity contribution is 0.586. The molecule has 2 N–H and O–H groups in total. The van der Waals surface area contributed by atoms with Crippen LogP contribution < -0.4 is 5.32 Å². The van der Waals surface area contributed by atoms with E-state index in [1.807, 2.05) is 19.2 Å². The van der Waals surface area contributed by atoms with Crippen LogP contribution in [-0.2, 0) is 5.54 Å². The lowest BCUT2D eigenvalue weighted by Crippen LogP contribution is -2.24. The van der Waals surface area contributed by atoms with Gasteiger partial charge in [0.25, 0.3) is 0 Å². The van der Waals surface area contributed by atoms with Crippen LogP contribution in [0.2, 0.25) is 0 Å². The molecule has 0 bridgehead atoms. The Bertz CT molecular complexity index is 487. The number of aromatic nitrogens is 4. The maximum atomic E-state index is 3.99. The number of nitrogens with one attached hydrogen (secondary N) is 2. The van der Waals surface area contributed by atoms with E-state index in [1.54, 1.807) is 0 Å². The Morgan fingerprint density at radius 3 is 2.88 bits per heavy atom. The largest absolute Gasteiger partial charge is 0.310 e. The third-order valence-corrected chi connectivity index (χ3v) is 3.25. The molecule has 3 rings (SSSR count). The molecule has 16 heavy (non-hydrogen) atoms. The molecule has 0 amide bonds. The van der Waals surface area contributed by atoms with E-state index in [9.17, 15) is 0 Å². The first-order valence-electron chi connectivity index (χ1n) is 5.37. The maximum Gasteiger partial charge on any atom is 0.204 e. The monoisotopic (exact) mass is 215 g/mol. The van der Waals surface area contributed by atoms with Crippen molar-refractivity contribution >= 4 is 0 Å². The number of hydrogen-bond donors (Lipinski definition) is 2. The summed E-state index contributed by atoms with van der Waals surface area (Å²) in [6, 6.07) is 8.32. The highest BCUT2D eigenvalue weighted by molar-refractivity contribution is 5.56. The highest BCUT2D eigenvalue weighted by Gasteiger charge is 2.42. The van der Waals surface area contributed by atoms with Crippen LogP contribution in [0.3, 0.4) is 0 Å². The predicted octanol–water partition coefficient (Wildman–Crippen LogP) is 1.08. The minimum atomic E-state index is 0.180. The zero-order valence-electron chi connectivity index (χ0n) is 9.07. The summed E-state index contributed by atoms with van der Waals surface area (Å²) >= 11 is 0. The number of rotatable bonds is 3. The second kappa shape index (κ2) is 3.38. The lowest BCUT2D eigenvalue weighted by atomic mass is 10.0. The van der Waals surface area contributed by atoms with Crippen LogP contribution in [0, 0.1) is 0 Å². The van der Waals surface area contributed by atoms with E-state index in [0.717, 1.165) is 5.56 Å². The van der Waals surface area contributed by atoms with Gasteiger partial charge in [-0.2, -0.15) is 5.21 Å². The molecule has 1 saturated carbocycles. The molecule has 0 radical (unpaired) electrons. The van der Waals surface area contributed by atoms with Gasteiger partial charge in [-0.3, -0.25) is 0 Å². The van der Waals surface area contributed by atoms with Crippen LogP contribution in [0.15, 0.2) is 24.3 Å². The highest BCUT2D eigenvalue weighted by Crippen LogP contribution is 2.45. The minimum absolute atomic E-state index is 0.180. The molecule has 1 aliphatic rings. The fraction of sp³-hybridized carbons (Fsp3) is 0.364. The van der Waals surface area contributed by atoms with Crippen LogP contribution in [0.25, 0.3) is 11.4 Å². The smallest absolute Gasteiger partial charge is 0.204 e. The maximum absolute atomic E-state index is 3.99. The second-order valence-corrected chi connectivity index (χ2v) is 4.15. The molecule has 0 atom stereocenters. The van der Waals surface area contributed by atoms with Gasteiger partial charge in [-0.1, -0.05) is 18.2 Å². The van der Waals surface area contributed by atoms with Gasteiger partial charge in [-0.05, 0) is 36.7 Å². The summed E-state index contributed by atoms with van der Waals surface area (Å²) in [5.74, 6) is 0.647. The van der Waals surface area contributed by atoms with Gasteiger partial charge in [0.15, 0.2) is 0 Å². The Labute approximate surface area is 93.3 Å². The van der Waals surface area contributed by atoms with Crippen molar-refractivity contribution in [2.24, 2.45) is 0 Å². The van der Waals surface area contributed by atoms with Gasteiger partial charge in [-0.15, -0.1) is 10.2 Å². The Morgan fingerprint density at radius 1 is 1.38 bits per heavy atom. The molecular weight excluding hydrogens is 202 g/mol. The van der Waals surface area contributed by atoms with Crippen LogP contribution in [-0.4, -0.2) is 27.7 Å². The third-order valence-electron chi connectivity index (χ3n) is 3.25. The molecule has 1 aromatic heterocycles. The van der Waals surface area contributed by atoms with Gasteiger partial charge < -0.3 is 5.32 Å². The zero-order valence-corrected chi connectivity index (χ0v) is 9.07. The van der Waals surface area contributed by atoms with Crippen molar-refractivity contribution < 1.29 is 0 Å². The summed E-state index contributed by atoms with van der Waals surface area (Å²) in [7, 11) is 2.01. The Balaban J connectivity index is 2.01. The average Bonchev–Trinajstić information content (AvgIpc) is 2.95. The number of nitrogens with zero attached hydrogens (tertiary/aromatic N) is 3. The van der Waals surface area contributed by atoms with Gasteiger partial charge >= 0.3 is 0 Å². The van der Waals surface area contributed by atoms with Gasteiger partial charge in [-0.25, -0.2) is 0 Å². The first-order chi connectivity index (χ1) is 7.84. The molecular formula is C11H13N5. The van der Waals surface area contributed by atoms with Crippen molar-refractivity contribution in [3.8, 4) is 11.4 Å². The first kappa shape index (κ1) is 9.47.